The molecule has 1 amide bonds. The SMILES string of the molecule is CCC(NC(=O)C1CCCCC1N)c1ccccc1OC. The Morgan fingerprint density at radius 3 is 2.76 bits per heavy atom. The molecule has 1 fully saturated rings. The van der Waals surface area contributed by atoms with Crippen LogP contribution in [0.1, 0.15) is 50.6 Å². The summed E-state index contributed by atoms with van der Waals surface area (Å²) in [5, 5.41) is 3.16. The lowest BCUT2D eigenvalue weighted by Gasteiger charge is -2.29. The molecule has 3 N–H and O–H groups in total. The molecule has 0 bridgehead atoms. The molecule has 1 aliphatic rings. The van der Waals surface area contributed by atoms with Crippen LogP contribution in [0, 0.1) is 5.92 Å². The standard InChI is InChI=1S/C17H26N2O2/c1-3-15(13-9-5-7-11-16(13)21-2)19-17(20)12-8-4-6-10-14(12)18/h5,7,9,11-12,14-15H,3-4,6,8,10,18H2,1-2H3,(H,19,20). The fourth-order valence-electron chi connectivity index (χ4n) is 3.12. The highest BCUT2D eigenvalue weighted by Gasteiger charge is 2.29. The molecule has 0 saturated heterocycles. The van der Waals surface area contributed by atoms with Crippen LogP contribution in [-0.4, -0.2) is 19.1 Å². The van der Waals surface area contributed by atoms with Gasteiger partial charge in [0.2, 0.25) is 5.91 Å². The van der Waals surface area contributed by atoms with E-state index in [9.17, 15) is 4.79 Å². The average Bonchev–Trinajstić information content (AvgIpc) is 2.52. The number of carbonyl (C=O) groups excluding carboxylic acids is 1. The summed E-state index contributed by atoms with van der Waals surface area (Å²) in [6.45, 7) is 2.07. The third-order valence-corrected chi connectivity index (χ3v) is 4.40. The summed E-state index contributed by atoms with van der Waals surface area (Å²) in [7, 11) is 1.66. The van der Waals surface area contributed by atoms with Crippen molar-refractivity contribution >= 4 is 5.91 Å². The average molecular weight is 290 g/mol. The van der Waals surface area contributed by atoms with Gasteiger partial charge >= 0.3 is 0 Å². The van der Waals surface area contributed by atoms with Crippen LogP contribution >= 0.6 is 0 Å². The lowest BCUT2D eigenvalue weighted by molar-refractivity contribution is -0.127. The molecule has 1 aromatic rings. The van der Waals surface area contributed by atoms with Crippen molar-refractivity contribution in [1.82, 2.24) is 5.32 Å². The minimum Gasteiger partial charge on any atom is -0.496 e. The molecule has 3 unspecified atom stereocenters. The fourth-order valence-corrected chi connectivity index (χ4v) is 3.12. The normalized spacial score (nSPS) is 23.4. The third kappa shape index (κ3) is 3.76. The summed E-state index contributed by atoms with van der Waals surface area (Å²) in [6.07, 6.45) is 4.90. The summed E-state index contributed by atoms with van der Waals surface area (Å²) >= 11 is 0. The fraction of sp³-hybridized carbons (Fsp3) is 0.588. The molecule has 2 rings (SSSR count). The van der Waals surface area contributed by atoms with E-state index in [0.717, 1.165) is 43.4 Å². The van der Waals surface area contributed by atoms with E-state index in [1.165, 1.54) is 0 Å². The maximum absolute atomic E-state index is 12.5. The number of hydrogen-bond acceptors (Lipinski definition) is 3. The van der Waals surface area contributed by atoms with Gasteiger partial charge in [-0.1, -0.05) is 38.0 Å². The lowest BCUT2D eigenvalue weighted by atomic mass is 9.84. The van der Waals surface area contributed by atoms with Gasteiger partial charge in [-0.25, -0.2) is 0 Å². The number of methoxy groups -OCH3 is 1. The van der Waals surface area contributed by atoms with E-state index < -0.39 is 0 Å². The van der Waals surface area contributed by atoms with Crippen molar-refractivity contribution in [3.63, 3.8) is 0 Å². The first-order valence-corrected chi connectivity index (χ1v) is 7.86. The minimum absolute atomic E-state index is 0.00562. The number of rotatable bonds is 5. The van der Waals surface area contributed by atoms with Crippen LogP contribution in [0.2, 0.25) is 0 Å². The van der Waals surface area contributed by atoms with Crippen LogP contribution in [0.5, 0.6) is 5.75 Å². The maximum atomic E-state index is 12.5. The molecule has 0 spiro atoms. The van der Waals surface area contributed by atoms with Gasteiger partial charge in [-0.15, -0.1) is 0 Å². The third-order valence-electron chi connectivity index (χ3n) is 4.40. The van der Waals surface area contributed by atoms with Crippen molar-refractivity contribution in [2.24, 2.45) is 11.7 Å². The van der Waals surface area contributed by atoms with Gasteiger partial charge in [0, 0.05) is 11.6 Å². The van der Waals surface area contributed by atoms with Crippen molar-refractivity contribution in [3.8, 4) is 5.75 Å². The first kappa shape index (κ1) is 15.8. The van der Waals surface area contributed by atoms with Gasteiger partial charge in [0.1, 0.15) is 5.75 Å². The van der Waals surface area contributed by atoms with Crippen molar-refractivity contribution in [2.45, 2.75) is 51.1 Å². The van der Waals surface area contributed by atoms with Crippen molar-refractivity contribution in [3.05, 3.63) is 29.8 Å². The van der Waals surface area contributed by atoms with E-state index in [1.807, 2.05) is 24.3 Å². The summed E-state index contributed by atoms with van der Waals surface area (Å²) in [5.74, 6) is 0.847. The van der Waals surface area contributed by atoms with Gasteiger partial charge < -0.3 is 15.8 Å². The predicted molar refractivity (Wildman–Crippen MR) is 84.1 cm³/mol. The Labute approximate surface area is 127 Å². The maximum Gasteiger partial charge on any atom is 0.225 e. The number of nitrogens with one attached hydrogen (secondary N) is 1. The highest BCUT2D eigenvalue weighted by Crippen LogP contribution is 2.29. The molecule has 4 nitrogen and oxygen atoms in total. The van der Waals surface area contributed by atoms with E-state index in [-0.39, 0.29) is 23.9 Å². The monoisotopic (exact) mass is 290 g/mol. The lowest BCUT2D eigenvalue weighted by Crippen LogP contribution is -2.44. The number of hydrogen-bond donors (Lipinski definition) is 2. The Morgan fingerprint density at radius 1 is 1.38 bits per heavy atom. The van der Waals surface area contributed by atoms with Crippen LogP contribution in [-0.2, 0) is 4.79 Å². The van der Waals surface area contributed by atoms with E-state index in [1.54, 1.807) is 7.11 Å². The molecular formula is C17H26N2O2. The zero-order valence-corrected chi connectivity index (χ0v) is 13.0. The quantitative estimate of drug-likeness (QED) is 0.876. The predicted octanol–water partition coefficient (Wildman–Crippen LogP) is 2.78. The smallest absolute Gasteiger partial charge is 0.225 e. The van der Waals surface area contributed by atoms with E-state index in [4.69, 9.17) is 10.5 Å². The summed E-state index contributed by atoms with van der Waals surface area (Å²) in [5.41, 5.74) is 7.13. The van der Waals surface area contributed by atoms with Crippen molar-refractivity contribution in [2.75, 3.05) is 7.11 Å². The first-order valence-electron chi connectivity index (χ1n) is 7.86. The Bertz CT molecular complexity index is 476. The second-order valence-corrected chi connectivity index (χ2v) is 5.77. The highest BCUT2D eigenvalue weighted by molar-refractivity contribution is 5.80. The van der Waals surface area contributed by atoms with E-state index in [0.29, 0.717) is 0 Å². The van der Waals surface area contributed by atoms with Crippen LogP contribution in [0.15, 0.2) is 24.3 Å². The molecule has 116 valence electrons. The number of benzene rings is 1. The summed E-state index contributed by atoms with van der Waals surface area (Å²) in [6, 6.07) is 7.81. The van der Waals surface area contributed by atoms with Gasteiger partial charge in [0.05, 0.1) is 19.1 Å². The van der Waals surface area contributed by atoms with Gasteiger partial charge in [-0.3, -0.25) is 4.79 Å². The van der Waals surface area contributed by atoms with Crippen molar-refractivity contribution in [1.29, 1.82) is 0 Å². The molecule has 0 heterocycles. The molecule has 21 heavy (non-hydrogen) atoms. The molecular weight excluding hydrogens is 264 g/mol. The number of amides is 1. The Balaban J connectivity index is 2.09. The Hall–Kier alpha value is -1.55. The highest BCUT2D eigenvalue weighted by atomic mass is 16.5. The topological polar surface area (TPSA) is 64.4 Å². The molecule has 1 saturated carbocycles. The van der Waals surface area contributed by atoms with Crippen molar-refractivity contribution < 1.29 is 9.53 Å². The number of nitrogens with two attached hydrogens (primary N) is 1. The molecule has 0 radical (unpaired) electrons. The Kier molecular flexibility index (Phi) is 5.62. The van der Waals surface area contributed by atoms with E-state index >= 15 is 0 Å². The first-order chi connectivity index (χ1) is 10.2. The summed E-state index contributed by atoms with van der Waals surface area (Å²) < 4.78 is 5.40. The zero-order chi connectivity index (χ0) is 15.2. The molecule has 0 aromatic heterocycles. The number of carbonyl (C=O) groups is 1. The molecule has 3 atom stereocenters. The van der Waals surface area contributed by atoms with Gasteiger partial charge in [-0.05, 0) is 25.3 Å². The zero-order valence-electron chi connectivity index (χ0n) is 13.0. The van der Waals surface area contributed by atoms with Crippen LogP contribution in [0.25, 0.3) is 0 Å². The number of ether oxygens (including phenoxy) is 1. The van der Waals surface area contributed by atoms with Gasteiger partial charge in [-0.2, -0.15) is 0 Å². The number of para-hydroxylation sites is 1. The van der Waals surface area contributed by atoms with Crippen LogP contribution in [0.4, 0.5) is 0 Å². The van der Waals surface area contributed by atoms with Crippen LogP contribution < -0.4 is 15.8 Å². The van der Waals surface area contributed by atoms with E-state index in [2.05, 4.69) is 12.2 Å². The van der Waals surface area contributed by atoms with Gasteiger partial charge in [0.15, 0.2) is 0 Å². The Morgan fingerprint density at radius 2 is 2.10 bits per heavy atom. The molecule has 1 aliphatic carbocycles. The van der Waals surface area contributed by atoms with Crippen LogP contribution in [0.3, 0.4) is 0 Å². The second-order valence-electron chi connectivity index (χ2n) is 5.77. The molecule has 0 aliphatic heterocycles. The largest absolute Gasteiger partial charge is 0.496 e. The second kappa shape index (κ2) is 7.46. The summed E-state index contributed by atoms with van der Waals surface area (Å²) in [4.78, 5) is 12.5. The van der Waals surface area contributed by atoms with Gasteiger partial charge in [0.25, 0.3) is 0 Å². The molecule has 1 aromatic carbocycles. The molecule has 4 heteroatoms. The minimum atomic E-state index is -0.0532.